The number of allylic oxidation sites excluding steroid dienone is 4. The van der Waals surface area contributed by atoms with E-state index in [9.17, 15) is 4.79 Å². The van der Waals surface area contributed by atoms with Crippen LogP contribution in [0.25, 0.3) is 5.57 Å². The van der Waals surface area contributed by atoms with Crippen LogP contribution >= 0.6 is 11.8 Å². The zero-order valence-corrected chi connectivity index (χ0v) is 17.3. The summed E-state index contributed by atoms with van der Waals surface area (Å²) in [6, 6.07) is 12.1. The summed E-state index contributed by atoms with van der Waals surface area (Å²) in [5.41, 5.74) is 4.92. The van der Waals surface area contributed by atoms with Gasteiger partial charge < -0.3 is 14.4 Å². The van der Waals surface area contributed by atoms with Crippen LogP contribution in [0, 0.1) is 6.92 Å². The van der Waals surface area contributed by atoms with Gasteiger partial charge in [0.25, 0.3) is 0 Å². The fraction of sp³-hybridized carbons (Fsp3) is 0.348. The number of ether oxygens (including phenoxy) is 1. The Balaban J connectivity index is 1.58. The van der Waals surface area contributed by atoms with Crippen molar-refractivity contribution in [3.05, 3.63) is 70.4 Å². The molecule has 0 radical (unpaired) electrons. The quantitative estimate of drug-likeness (QED) is 0.622. The molecule has 3 rings (SSSR count). The molecule has 0 spiro atoms. The summed E-state index contributed by atoms with van der Waals surface area (Å²) in [5.74, 6) is 0.0429. The molecule has 0 bridgehead atoms. The van der Waals surface area contributed by atoms with Gasteiger partial charge in [-0.3, -0.25) is 4.79 Å². The van der Waals surface area contributed by atoms with E-state index in [1.165, 1.54) is 21.9 Å². The second-order valence-electron chi connectivity index (χ2n) is 6.93. The third kappa shape index (κ3) is 5.32. The Hall–Kier alpha value is -2.40. The number of aliphatic carboxylic acids is 1. The van der Waals surface area contributed by atoms with Crippen molar-refractivity contribution in [1.29, 1.82) is 0 Å². The molecule has 0 saturated heterocycles. The smallest absolute Gasteiger partial charge is 0.303 e. The average Bonchev–Trinajstić information content (AvgIpc) is 3.08. The maximum absolute atomic E-state index is 10.7. The van der Waals surface area contributed by atoms with Crippen molar-refractivity contribution in [3.63, 3.8) is 0 Å². The summed E-state index contributed by atoms with van der Waals surface area (Å²) in [4.78, 5) is 12.1. The van der Waals surface area contributed by atoms with Gasteiger partial charge in [0.1, 0.15) is 12.4 Å². The lowest BCUT2D eigenvalue weighted by Crippen LogP contribution is -2.12. The Labute approximate surface area is 170 Å². The molecule has 1 aliphatic carbocycles. The minimum atomic E-state index is -0.772. The van der Waals surface area contributed by atoms with Crippen molar-refractivity contribution < 1.29 is 14.6 Å². The lowest BCUT2D eigenvalue weighted by Gasteiger charge is -2.17. The zero-order chi connectivity index (χ0) is 19.9. The van der Waals surface area contributed by atoms with Crippen LogP contribution in [-0.2, 0) is 17.8 Å². The number of rotatable bonds is 9. The second-order valence-corrected chi connectivity index (χ2v) is 7.86. The number of thioether (sulfide) groups is 1. The molecule has 0 unspecified atom stereocenters. The topological polar surface area (TPSA) is 51.5 Å². The van der Waals surface area contributed by atoms with Crippen molar-refractivity contribution in [1.82, 2.24) is 4.57 Å². The van der Waals surface area contributed by atoms with Crippen molar-refractivity contribution in [2.45, 2.75) is 39.2 Å². The van der Waals surface area contributed by atoms with E-state index in [0.29, 0.717) is 13.0 Å². The molecular weight excluding hydrogens is 370 g/mol. The van der Waals surface area contributed by atoms with E-state index in [1.54, 1.807) is 0 Å². The van der Waals surface area contributed by atoms with Gasteiger partial charge in [-0.15, -0.1) is 11.8 Å². The largest absolute Gasteiger partial charge is 0.492 e. The molecule has 1 aromatic carbocycles. The van der Waals surface area contributed by atoms with E-state index in [0.717, 1.165) is 30.7 Å². The lowest BCUT2D eigenvalue weighted by atomic mass is 10.0. The number of nitrogens with zero attached hydrogens (tertiary/aromatic N) is 1. The van der Waals surface area contributed by atoms with Gasteiger partial charge in [0.2, 0.25) is 0 Å². The molecule has 28 heavy (non-hydrogen) atoms. The third-order valence-electron chi connectivity index (χ3n) is 5.04. The molecule has 2 aromatic rings. The Bertz CT molecular complexity index is 878. The van der Waals surface area contributed by atoms with E-state index in [1.807, 2.05) is 36.0 Å². The maximum Gasteiger partial charge on any atom is 0.303 e. The highest BCUT2D eigenvalue weighted by Gasteiger charge is 2.13. The number of benzene rings is 1. The predicted octanol–water partition coefficient (Wildman–Crippen LogP) is 5.32. The molecule has 0 amide bonds. The van der Waals surface area contributed by atoms with Gasteiger partial charge in [0.15, 0.2) is 0 Å². The first-order chi connectivity index (χ1) is 13.6. The van der Waals surface area contributed by atoms with Crippen molar-refractivity contribution >= 4 is 23.3 Å². The molecular formula is C23H27NO3S. The summed E-state index contributed by atoms with van der Waals surface area (Å²) in [5, 5.41) is 8.77. The fourth-order valence-electron chi connectivity index (χ4n) is 3.41. The highest BCUT2D eigenvalue weighted by atomic mass is 32.2. The van der Waals surface area contributed by atoms with Gasteiger partial charge in [0, 0.05) is 17.8 Å². The Morgan fingerprint density at radius 3 is 2.57 bits per heavy atom. The normalized spacial score (nSPS) is 13.8. The van der Waals surface area contributed by atoms with Crippen LogP contribution in [0.4, 0.5) is 0 Å². The number of carbonyl (C=O) groups is 1. The van der Waals surface area contributed by atoms with Crippen molar-refractivity contribution in [2.75, 3.05) is 12.9 Å². The first-order valence-electron chi connectivity index (χ1n) is 9.60. The molecule has 1 aliphatic rings. The third-order valence-corrected chi connectivity index (χ3v) is 5.90. The molecule has 148 valence electrons. The monoisotopic (exact) mass is 397 g/mol. The van der Waals surface area contributed by atoms with Crippen LogP contribution in [-0.4, -0.2) is 28.5 Å². The van der Waals surface area contributed by atoms with Gasteiger partial charge in [-0.1, -0.05) is 24.3 Å². The molecule has 1 aromatic heterocycles. The predicted molar refractivity (Wildman–Crippen MR) is 116 cm³/mol. The summed E-state index contributed by atoms with van der Waals surface area (Å²) < 4.78 is 8.24. The summed E-state index contributed by atoms with van der Waals surface area (Å²) in [7, 11) is 0. The highest BCUT2D eigenvalue weighted by molar-refractivity contribution is 8.02. The number of carboxylic acids is 1. The van der Waals surface area contributed by atoms with Gasteiger partial charge in [-0.05, 0) is 72.7 Å². The number of hydrogen-bond donors (Lipinski definition) is 1. The van der Waals surface area contributed by atoms with E-state index in [-0.39, 0.29) is 6.42 Å². The fourth-order valence-corrected chi connectivity index (χ4v) is 3.92. The van der Waals surface area contributed by atoms with E-state index < -0.39 is 5.97 Å². The number of aromatic nitrogens is 1. The van der Waals surface area contributed by atoms with Crippen LogP contribution in [0.15, 0.2) is 53.5 Å². The molecule has 1 N–H and O–H groups in total. The zero-order valence-electron chi connectivity index (χ0n) is 16.5. The summed E-state index contributed by atoms with van der Waals surface area (Å²) in [6.07, 6.45) is 9.50. The van der Waals surface area contributed by atoms with Crippen LogP contribution in [0.1, 0.15) is 36.2 Å². The van der Waals surface area contributed by atoms with Crippen molar-refractivity contribution in [2.24, 2.45) is 0 Å². The molecule has 5 heteroatoms. The molecule has 0 aliphatic heterocycles. The first kappa shape index (κ1) is 20.3. The van der Waals surface area contributed by atoms with Gasteiger partial charge in [-0.25, -0.2) is 0 Å². The highest BCUT2D eigenvalue weighted by Crippen LogP contribution is 2.31. The van der Waals surface area contributed by atoms with Crippen molar-refractivity contribution in [3.8, 4) is 5.75 Å². The number of hydrogen-bond acceptors (Lipinski definition) is 3. The standard InChI is InChI=1S/C23H27NO3S/c1-17-3-13-22(19-7-11-21(28-2)12-8-19)24(17)15-16-27-20-9-4-18(5-10-20)6-14-23(25)26/h3-5,7,9-11,13H,6,8,12,14-16H2,1-2H3,(H,25,26). The molecule has 4 nitrogen and oxygen atoms in total. The first-order valence-corrected chi connectivity index (χ1v) is 10.8. The Kier molecular flexibility index (Phi) is 7.04. The Morgan fingerprint density at radius 2 is 1.93 bits per heavy atom. The SMILES string of the molecule is CSC1=CC=C(c2ccc(C)n2CCOc2ccc(CCC(=O)O)cc2)CC1. The summed E-state index contributed by atoms with van der Waals surface area (Å²) >= 11 is 1.83. The molecule has 1 heterocycles. The van der Waals surface area contributed by atoms with Crippen LogP contribution < -0.4 is 4.74 Å². The van der Waals surface area contributed by atoms with Crippen LogP contribution in [0.2, 0.25) is 0 Å². The Morgan fingerprint density at radius 1 is 1.14 bits per heavy atom. The van der Waals surface area contributed by atoms with Gasteiger partial charge in [0.05, 0.1) is 6.54 Å². The van der Waals surface area contributed by atoms with E-state index >= 15 is 0 Å². The summed E-state index contributed by atoms with van der Waals surface area (Å²) in [6.45, 7) is 3.52. The molecule has 0 fully saturated rings. The van der Waals surface area contributed by atoms with Gasteiger partial charge in [-0.2, -0.15) is 0 Å². The average molecular weight is 398 g/mol. The maximum atomic E-state index is 10.7. The van der Waals surface area contributed by atoms with Gasteiger partial charge >= 0.3 is 5.97 Å². The minimum absolute atomic E-state index is 0.152. The second kappa shape index (κ2) is 9.69. The number of carboxylic acid groups (broad SMARTS) is 1. The number of aryl methyl sites for hydroxylation is 2. The minimum Gasteiger partial charge on any atom is -0.492 e. The van der Waals surface area contributed by atoms with E-state index in [4.69, 9.17) is 9.84 Å². The molecule has 0 atom stereocenters. The van der Waals surface area contributed by atoms with Crippen LogP contribution in [0.5, 0.6) is 5.75 Å². The molecule has 0 saturated carbocycles. The van der Waals surface area contributed by atoms with E-state index in [2.05, 4.69) is 42.0 Å². The van der Waals surface area contributed by atoms with Crippen LogP contribution in [0.3, 0.4) is 0 Å². The lowest BCUT2D eigenvalue weighted by molar-refractivity contribution is -0.136.